The molecule has 0 radical (unpaired) electrons. The van der Waals surface area contributed by atoms with E-state index in [-0.39, 0.29) is 36.2 Å². The van der Waals surface area contributed by atoms with E-state index in [0.29, 0.717) is 6.42 Å². The van der Waals surface area contributed by atoms with E-state index in [0.717, 1.165) is 31.7 Å². The van der Waals surface area contributed by atoms with Crippen LogP contribution in [0.2, 0.25) is 0 Å². The summed E-state index contributed by atoms with van der Waals surface area (Å²) in [7, 11) is 0. The van der Waals surface area contributed by atoms with E-state index in [4.69, 9.17) is 33.5 Å². The van der Waals surface area contributed by atoms with Gasteiger partial charge in [0.2, 0.25) is 12.1 Å². The van der Waals surface area contributed by atoms with Gasteiger partial charge in [-0.15, -0.1) is 0 Å². The average Bonchev–Trinajstić information content (AvgIpc) is 3.07. The standard InChI is InChI=1S/C28H36FNO12/c1-12-16-6-4-5-14-9-10-27(3)40-26(28(14,16)42-41-27)39-25(12)38-19(32)8-7-18(31)37-21-13(2)36-22(20(21)33)15-11-17(29)24(35)30-23(15)34/h11-14,16,20-22,25-26,33H,4-10H2,1-3H3,(H2,30,34,35). The summed E-state index contributed by atoms with van der Waals surface area (Å²) >= 11 is 0. The molecule has 1 spiro atoms. The first-order chi connectivity index (χ1) is 19.9. The summed E-state index contributed by atoms with van der Waals surface area (Å²) in [6.07, 6.45) is -2.69. The molecule has 11 unspecified atom stereocenters. The van der Waals surface area contributed by atoms with Crippen LogP contribution in [-0.4, -0.2) is 69.4 Å². The van der Waals surface area contributed by atoms with E-state index >= 15 is 0 Å². The Balaban J connectivity index is 1.05. The molecule has 0 aromatic carbocycles. The molecular weight excluding hydrogens is 561 g/mol. The summed E-state index contributed by atoms with van der Waals surface area (Å²) in [5, 5.41) is 20.7. The molecule has 14 heteroatoms. The van der Waals surface area contributed by atoms with E-state index in [9.17, 15) is 29.0 Å². The number of ether oxygens (including phenoxy) is 5. The largest absolute Gasteiger partial charge is 0.494 e. The normalized spacial score (nSPS) is 42.5. The van der Waals surface area contributed by atoms with Crippen LogP contribution in [0.3, 0.4) is 0 Å². The van der Waals surface area contributed by atoms with Crippen molar-refractivity contribution in [2.24, 2.45) is 17.8 Å². The Labute approximate surface area is 240 Å². The number of nitrogens with one attached hydrogen (secondary N) is 1. The molecule has 1 aromatic heterocycles. The third kappa shape index (κ3) is 4.91. The quantitative estimate of drug-likeness (QED) is 0.323. The highest BCUT2D eigenvalue weighted by atomic mass is 19.1. The number of fused-ring (bicyclic) bond motifs is 2. The van der Waals surface area contributed by atoms with Crippen LogP contribution in [0.25, 0.3) is 0 Å². The zero-order valence-electron chi connectivity index (χ0n) is 23.6. The highest BCUT2D eigenvalue weighted by Crippen LogP contribution is 2.59. The molecule has 5 aliphatic heterocycles. The molecule has 6 aliphatic rings. The maximum Gasteiger partial charge on any atom is 0.308 e. The van der Waals surface area contributed by atoms with Crippen molar-refractivity contribution < 1.29 is 57.7 Å². The number of hydrogen-bond acceptors (Lipinski definition) is 12. The maximum absolute atomic E-state index is 13.8. The van der Waals surface area contributed by atoms with Crippen LogP contribution in [0.4, 0.5) is 4.39 Å². The minimum Gasteiger partial charge on any atom is -0.494 e. The van der Waals surface area contributed by atoms with Crippen molar-refractivity contribution in [2.45, 2.75) is 114 Å². The lowest BCUT2D eigenvalue weighted by molar-refractivity contribution is -0.575. The van der Waals surface area contributed by atoms with Crippen molar-refractivity contribution in [1.29, 1.82) is 0 Å². The Kier molecular flexibility index (Phi) is 7.59. The monoisotopic (exact) mass is 597 g/mol. The number of hydrogen-bond donors (Lipinski definition) is 3. The summed E-state index contributed by atoms with van der Waals surface area (Å²) in [5.74, 6) is -4.29. The molecule has 3 N–H and O–H groups in total. The van der Waals surface area contributed by atoms with Crippen molar-refractivity contribution in [1.82, 2.24) is 4.98 Å². The molecule has 1 saturated carbocycles. The zero-order chi connectivity index (χ0) is 30.0. The lowest BCUT2D eigenvalue weighted by Gasteiger charge is -2.58. The SMILES string of the molecule is CC1OC(c2cc(F)c(=O)[nH]c2O)C(O)C1OC(=O)CCC(=O)OC1OC2OC3(C)CCC4CCCC(C1C)C42OO3. The fraction of sp³-hybridized carbons (Fsp3) is 0.750. The number of H-pyrrole nitrogens is 1. The number of esters is 2. The fourth-order valence-corrected chi connectivity index (χ4v) is 7.25. The van der Waals surface area contributed by atoms with E-state index in [1.165, 1.54) is 6.92 Å². The lowest BCUT2D eigenvalue weighted by Crippen LogP contribution is -2.69. The maximum atomic E-state index is 13.8. The molecule has 2 bridgehead atoms. The molecule has 6 heterocycles. The average molecular weight is 598 g/mol. The number of aromatic hydroxyl groups is 1. The highest BCUT2D eigenvalue weighted by molar-refractivity contribution is 5.77. The minimum absolute atomic E-state index is 0.0194. The van der Waals surface area contributed by atoms with Gasteiger partial charge in [0, 0.05) is 23.8 Å². The van der Waals surface area contributed by atoms with Gasteiger partial charge in [-0.3, -0.25) is 19.4 Å². The van der Waals surface area contributed by atoms with Gasteiger partial charge in [0.25, 0.3) is 5.56 Å². The molecular formula is C28H36FNO12. The number of rotatable bonds is 6. The lowest BCUT2D eigenvalue weighted by atomic mass is 9.61. The molecule has 6 fully saturated rings. The van der Waals surface area contributed by atoms with Crippen molar-refractivity contribution in [2.75, 3.05) is 0 Å². The number of pyridine rings is 1. The summed E-state index contributed by atoms with van der Waals surface area (Å²) in [4.78, 5) is 50.5. The first kappa shape index (κ1) is 29.5. The molecule has 0 amide bonds. The van der Waals surface area contributed by atoms with E-state index in [2.05, 4.69) is 0 Å². The second kappa shape index (κ2) is 10.8. The van der Waals surface area contributed by atoms with Crippen molar-refractivity contribution in [3.05, 3.63) is 27.8 Å². The second-order valence-electron chi connectivity index (χ2n) is 12.2. The van der Waals surface area contributed by atoms with Crippen LogP contribution >= 0.6 is 0 Å². The summed E-state index contributed by atoms with van der Waals surface area (Å²) < 4.78 is 42.8. The molecule has 5 saturated heterocycles. The highest BCUT2D eigenvalue weighted by Gasteiger charge is 2.68. The molecule has 7 rings (SSSR count). The third-order valence-electron chi connectivity index (χ3n) is 9.47. The van der Waals surface area contributed by atoms with Gasteiger partial charge >= 0.3 is 11.9 Å². The van der Waals surface area contributed by atoms with Gasteiger partial charge in [-0.25, -0.2) is 14.2 Å². The number of aliphatic hydroxyl groups is 1. The number of carbonyl (C=O) groups is 2. The zero-order valence-corrected chi connectivity index (χ0v) is 23.6. The van der Waals surface area contributed by atoms with Crippen LogP contribution < -0.4 is 5.56 Å². The molecule has 13 nitrogen and oxygen atoms in total. The van der Waals surface area contributed by atoms with Gasteiger partial charge in [-0.2, -0.15) is 0 Å². The number of aromatic amines is 1. The smallest absolute Gasteiger partial charge is 0.308 e. The first-order valence-electron chi connectivity index (χ1n) is 14.5. The first-order valence-corrected chi connectivity index (χ1v) is 14.5. The topological polar surface area (TPSA) is 172 Å². The Morgan fingerprint density at radius 3 is 2.62 bits per heavy atom. The molecule has 1 aliphatic carbocycles. The Morgan fingerprint density at radius 1 is 1.12 bits per heavy atom. The van der Waals surface area contributed by atoms with Crippen LogP contribution in [0.5, 0.6) is 5.88 Å². The predicted octanol–water partition coefficient (Wildman–Crippen LogP) is 2.24. The number of aromatic nitrogens is 1. The molecule has 11 atom stereocenters. The number of carbonyl (C=O) groups excluding carboxylic acids is 2. The molecule has 42 heavy (non-hydrogen) atoms. The fourth-order valence-electron chi connectivity index (χ4n) is 7.25. The Hall–Kier alpha value is -2.62. The third-order valence-corrected chi connectivity index (χ3v) is 9.47. The van der Waals surface area contributed by atoms with Crippen molar-refractivity contribution in [3.8, 4) is 5.88 Å². The van der Waals surface area contributed by atoms with Gasteiger partial charge in [0.05, 0.1) is 18.9 Å². The van der Waals surface area contributed by atoms with E-state index in [1.807, 2.05) is 11.9 Å². The Morgan fingerprint density at radius 2 is 1.86 bits per heavy atom. The van der Waals surface area contributed by atoms with Gasteiger partial charge in [-0.05, 0) is 45.1 Å². The van der Waals surface area contributed by atoms with E-state index < -0.39 is 77.6 Å². The van der Waals surface area contributed by atoms with Gasteiger partial charge < -0.3 is 33.9 Å². The number of halogens is 1. The predicted molar refractivity (Wildman–Crippen MR) is 135 cm³/mol. The van der Waals surface area contributed by atoms with Crippen LogP contribution in [0.15, 0.2) is 10.9 Å². The van der Waals surface area contributed by atoms with Gasteiger partial charge in [-0.1, -0.05) is 13.3 Å². The van der Waals surface area contributed by atoms with Crippen molar-refractivity contribution >= 4 is 11.9 Å². The Bertz CT molecular complexity index is 1290. The molecule has 232 valence electrons. The van der Waals surface area contributed by atoms with Crippen LogP contribution in [0, 0.1) is 23.6 Å². The van der Waals surface area contributed by atoms with Crippen LogP contribution in [0.1, 0.15) is 77.4 Å². The van der Waals surface area contributed by atoms with Gasteiger partial charge in [0.15, 0.2) is 29.7 Å². The van der Waals surface area contributed by atoms with E-state index in [1.54, 1.807) is 6.92 Å². The molecule has 1 aromatic rings. The summed E-state index contributed by atoms with van der Waals surface area (Å²) in [6.45, 7) is 5.27. The summed E-state index contributed by atoms with van der Waals surface area (Å²) in [6, 6.07) is 0.753. The number of aliphatic hydroxyl groups excluding tert-OH is 1. The van der Waals surface area contributed by atoms with Gasteiger partial charge in [0.1, 0.15) is 12.2 Å². The van der Waals surface area contributed by atoms with Crippen molar-refractivity contribution in [3.63, 3.8) is 0 Å². The van der Waals surface area contributed by atoms with Crippen LogP contribution in [-0.2, 0) is 43.0 Å². The second-order valence-corrected chi connectivity index (χ2v) is 12.2. The minimum atomic E-state index is -1.47. The summed E-state index contributed by atoms with van der Waals surface area (Å²) in [5.41, 5.74) is -2.10.